The summed E-state index contributed by atoms with van der Waals surface area (Å²) in [6.45, 7) is 7.38. The van der Waals surface area contributed by atoms with Gasteiger partial charge in [-0.2, -0.15) is 0 Å². The molecule has 1 fully saturated rings. The lowest BCUT2D eigenvalue weighted by Crippen LogP contribution is -2.15. The summed E-state index contributed by atoms with van der Waals surface area (Å²) < 4.78 is 5.67. The Kier molecular flexibility index (Phi) is 8.52. The zero-order valence-corrected chi connectivity index (χ0v) is 18.6. The van der Waals surface area contributed by atoms with Crippen molar-refractivity contribution in [2.75, 3.05) is 6.61 Å². The van der Waals surface area contributed by atoms with Crippen molar-refractivity contribution in [1.29, 1.82) is 0 Å². The molecule has 1 aliphatic carbocycles. The van der Waals surface area contributed by atoms with E-state index in [0.29, 0.717) is 0 Å². The van der Waals surface area contributed by atoms with E-state index in [2.05, 4.69) is 48.9 Å². The minimum Gasteiger partial charge on any atom is -0.490 e. The van der Waals surface area contributed by atoms with Gasteiger partial charge in [-0.3, -0.25) is 0 Å². The van der Waals surface area contributed by atoms with E-state index < -0.39 is 0 Å². The highest BCUT2D eigenvalue weighted by molar-refractivity contribution is 5.60. The van der Waals surface area contributed by atoms with Crippen LogP contribution < -0.4 is 4.74 Å². The number of nitrogens with zero attached hydrogens (tertiary/aromatic N) is 2. The van der Waals surface area contributed by atoms with E-state index in [-0.39, 0.29) is 0 Å². The van der Waals surface area contributed by atoms with Crippen LogP contribution in [0.2, 0.25) is 0 Å². The number of hydrogen-bond donors (Lipinski definition) is 0. The number of aryl methyl sites for hydroxylation is 2. The molecule has 1 saturated carbocycles. The van der Waals surface area contributed by atoms with Gasteiger partial charge in [0.15, 0.2) is 11.6 Å². The largest absolute Gasteiger partial charge is 0.490 e. The molecule has 0 saturated heterocycles. The second-order valence-corrected chi connectivity index (χ2v) is 8.81. The summed E-state index contributed by atoms with van der Waals surface area (Å²) in [5.74, 6) is 3.46. The first-order valence-electron chi connectivity index (χ1n) is 11.7. The van der Waals surface area contributed by atoms with Gasteiger partial charge in [0.25, 0.3) is 0 Å². The molecule has 0 spiro atoms. The van der Waals surface area contributed by atoms with E-state index in [1.807, 2.05) is 0 Å². The summed E-state index contributed by atoms with van der Waals surface area (Å²) in [5, 5.41) is 0. The second kappa shape index (κ2) is 11.3. The van der Waals surface area contributed by atoms with Gasteiger partial charge < -0.3 is 4.74 Å². The fourth-order valence-corrected chi connectivity index (χ4v) is 4.58. The van der Waals surface area contributed by atoms with E-state index in [0.717, 1.165) is 48.4 Å². The quantitative estimate of drug-likeness (QED) is 0.401. The SMILES string of the molecule is CCCCOc1cnc(-c2ccc(CCC3CCC(CCC)CC3)cc2C)nc1. The molecular weight excluding hydrogens is 356 g/mol. The topological polar surface area (TPSA) is 35.0 Å². The average Bonchev–Trinajstić information content (AvgIpc) is 2.74. The number of aromatic nitrogens is 2. The van der Waals surface area contributed by atoms with E-state index in [1.165, 1.54) is 62.5 Å². The number of ether oxygens (including phenoxy) is 1. The molecule has 3 heteroatoms. The molecule has 0 unspecified atom stereocenters. The lowest BCUT2D eigenvalue weighted by atomic mass is 9.78. The number of benzene rings is 1. The predicted octanol–water partition coefficient (Wildman–Crippen LogP) is 7.17. The molecule has 0 bridgehead atoms. The number of hydrogen-bond acceptors (Lipinski definition) is 3. The summed E-state index contributed by atoms with van der Waals surface area (Å²) in [6, 6.07) is 6.78. The Morgan fingerprint density at radius 2 is 1.62 bits per heavy atom. The Labute approximate surface area is 177 Å². The molecule has 0 radical (unpaired) electrons. The second-order valence-electron chi connectivity index (χ2n) is 8.81. The normalized spacial score (nSPS) is 19.3. The molecular formula is C26H38N2O. The Morgan fingerprint density at radius 3 is 2.24 bits per heavy atom. The molecule has 0 aliphatic heterocycles. The van der Waals surface area contributed by atoms with Crippen LogP contribution in [0.1, 0.15) is 82.8 Å². The molecule has 1 heterocycles. The van der Waals surface area contributed by atoms with Crippen molar-refractivity contribution in [1.82, 2.24) is 9.97 Å². The van der Waals surface area contributed by atoms with Crippen molar-refractivity contribution in [3.8, 4) is 17.1 Å². The Bertz CT molecular complexity index is 733. The van der Waals surface area contributed by atoms with Crippen LogP contribution in [0, 0.1) is 18.8 Å². The third-order valence-electron chi connectivity index (χ3n) is 6.43. The summed E-state index contributed by atoms with van der Waals surface area (Å²) in [7, 11) is 0. The van der Waals surface area contributed by atoms with Crippen LogP contribution in [-0.4, -0.2) is 16.6 Å². The molecule has 0 amide bonds. The fraction of sp³-hybridized carbons (Fsp3) is 0.615. The molecule has 1 aromatic heterocycles. The smallest absolute Gasteiger partial charge is 0.159 e. The maximum atomic E-state index is 5.67. The number of rotatable bonds is 10. The molecule has 1 aromatic carbocycles. The van der Waals surface area contributed by atoms with Gasteiger partial charge in [-0.1, -0.05) is 77.0 Å². The van der Waals surface area contributed by atoms with Crippen LogP contribution in [0.15, 0.2) is 30.6 Å². The molecule has 3 rings (SSSR count). The molecule has 0 atom stereocenters. The maximum absolute atomic E-state index is 5.67. The van der Waals surface area contributed by atoms with Gasteiger partial charge in [0, 0.05) is 5.56 Å². The van der Waals surface area contributed by atoms with Crippen molar-refractivity contribution in [3.63, 3.8) is 0 Å². The van der Waals surface area contributed by atoms with Crippen molar-refractivity contribution >= 4 is 0 Å². The van der Waals surface area contributed by atoms with E-state index >= 15 is 0 Å². The Morgan fingerprint density at radius 1 is 0.931 bits per heavy atom. The maximum Gasteiger partial charge on any atom is 0.159 e. The molecule has 2 aromatic rings. The van der Waals surface area contributed by atoms with Gasteiger partial charge in [-0.15, -0.1) is 0 Å². The van der Waals surface area contributed by atoms with Gasteiger partial charge in [0.2, 0.25) is 0 Å². The lowest BCUT2D eigenvalue weighted by molar-refractivity contribution is 0.252. The zero-order valence-electron chi connectivity index (χ0n) is 18.6. The summed E-state index contributed by atoms with van der Waals surface area (Å²) in [5.41, 5.74) is 3.82. The molecule has 0 N–H and O–H groups in total. The molecule has 158 valence electrons. The van der Waals surface area contributed by atoms with Crippen molar-refractivity contribution in [2.24, 2.45) is 11.8 Å². The van der Waals surface area contributed by atoms with E-state index in [4.69, 9.17) is 4.74 Å². The minimum absolute atomic E-state index is 0.729. The van der Waals surface area contributed by atoms with Gasteiger partial charge in [-0.25, -0.2) is 9.97 Å². The first-order valence-corrected chi connectivity index (χ1v) is 11.7. The standard InChI is InChI=1S/C26H38N2O/c1-4-6-16-29-24-18-27-26(28-19-24)25-15-14-23(17-20(25)3)13-12-22-10-8-21(7-5-2)9-11-22/h14-15,17-19,21-22H,4-13,16H2,1-3H3. The van der Waals surface area contributed by atoms with Crippen molar-refractivity contribution in [2.45, 2.75) is 85.0 Å². The van der Waals surface area contributed by atoms with Crippen molar-refractivity contribution < 1.29 is 4.74 Å². The average molecular weight is 395 g/mol. The van der Waals surface area contributed by atoms with Gasteiger partial charge >= 0.3 is 0 Å². The first-order chi connectivity index (χ1) is 14.2. The fourth-order valence-electron chi connectivity index (χ4n) is 4.58. The first kappa shape index (κ1) is 21.8. The van der Waals surface area contributed by atoms with Crippen LogP contribution >= 0.6 is 0 Å². The number of unbranched alkanes of at least 4 members (excludes halogenated alkanes) is 1. The van der Waals surface area contributed by atoms with Crippen LogP contribution in [0.5, 0.6) is 5.75 Å². The third kappa shape index (κ3) is 6.55. The third-order valence-corrected chi connectivity index (χ3v) is 6.43. The van der Waals surface area contributed by atoms with E-state index in [1.54, 1.807) is 12.4 Å². The van der Waals surface area contributed by atoms with Crippen LogP contribution in [0.25, 0.3) is 11.4 Å². The summed E-state index contributed by atoms with van der Waals surface area (Å²) in [4.78, 5) is 9.05. The zero-order chi connectivity index (χ0) is 20.5. The lowest BCUT2D eigenvalue weighted by Gasteiger charge is -2.28. The predicted molar refractivity (Wildman–Crippen MR) is 121 cm³/mol. The molecule has 1 aliphatic rings. The summed E-state index contributed by atoms with van der Waals surface area (Å²) in [6.07, 6.45) is 16.8. The van der Waals surface area contributed by atoms with Gasteiger partial charge in [-0.05, 0) is 49.1 Å². The Balaban J connectivity index is 1.52. The highest BCUT2D eigenvalue weighted by atomic mass is 16.5. The van der Waals surface area contributed by atoms with Crippen molar-refractivity contribution in [3.05, 3.63) is 41.7 Å². The monoisotopic (exact) mass is 394 g/mol. The van der Waals surface area contributed by atoms with Gasteiger partial charge in [0.05, 0.1) is 19.0 Å². The van der Waals surface area contributed by atoms with Gasteiger partial charge in [0.1, 0.15) is 0 Å². The minimum atomic E-state index is 0.729. The Hall–Kier alpha value is -1.90. The molecule has 3 nitrogen and oxygen atoms in total. The highest BCUT2D eigenvalue weighted by Gasteiger charge is 2.20. The summed E-state index contributed by atoms with van der Waals surface area (Å²) >= 11 is 0. The van der Waals surface area contributed by atoms with Crippen LogP contribution in [0.3, 0.4) is 0 Å². The van der Waals surface area contributed by atoms with Crippen LogP contribution in [-0.2, 0) is 6.42 Å². The van der Waals surface area contributed by atoms with Crippen LogP contribution in [0.4, 0.5) is 0 Å². The van der Waals surface area contributed by atoms with E-state index in [9.17, 15) is 0 Å². The molecule has 29 heavy (non-hydrogen) atoms. The highest BCUT2D eigenvalue weighted by Crippen LogP contribution is 2.34.